The molecule has 2 aromatic heterocycles. The number of nitrogens with one attached hydrogen (secondary N) is 1. The number of nitriles is 1. The van der Waals surface area contributed by atoms with Gasteiger partial charge in [0.2, 0.25) is 0 Å². The van der Waals surface area contributed by atoms with Crippen LogP contribution < -0.4 is 0 Å². The Morgan fingerprint density at radius 1 is 1.52 bits per heavy atom. The Labute approximate surface area is 122 Å². The summed E-state index contributed by atoms with van der Waals surface area (Å²) in [6.45, 7) is 1.39. The highest BCUT2D eigenvalue weighted by Crippen LogP contribution is 2.26. The summed E-state index contributed by atoms with van der Waals surface area (Å²) in [5.41, 5.74) is 1.92. The maximum atomic E-state index is 12.5. The third kappa shape index (κ3) is 2.77. The summed E-state index contributed by atoms with van der Waals surface area (Å²) < 4.78 is 0. The van der Waals surface area contributed by atoms with Crippen LogP contribution in [0.4, 0.5) is 0 Å². The van der Waals surface area contributed by atoms with Crippen LogP contribution in [0.3, 0.4) is 0 Å². The predicted octanol–water partition coefficient (Wildman–Crippen LogP) is 1.70. The summed E-state index contributed by atoms with van der Waals surface area (Å²) in [7, 11) is 0. The molecule has 3 heterocycles. The number of carbonyl (C=O) groups excluding carboxylic acids is 1. The van der Waals surface area contributed by atoms with Gasteiger partial charge in [0, 0.05) is 37.1 Å². The second-order valence-electron chi connectivity index (χ2n) is 5.14. The molecule has 0 aliphatic carbocycles. The van der Waals surface area contributed by atoms with E-state index in [4.69, 9.17) is 5.26 Å². The zero-order chi connectivity index (χ0) is 14.7. The van der Waals surface area contributed by atoms with E-state index in [2.05, 4.69) is 15.0 Å². The standard InChI is InChI=1S/C15H15N5O/c16-7-11-6-14(18-8-11)15(21)20-5-1-2-12(9-20)13-3-4-17-10-19-13/h3-4,6,8,10,12,18H,1-2,5,9H2/t12-/m0/s1. The van der Waals surface area contributed by atoms with Gasteiger partial charge in [-0.3, -0.25) is 4.79 Å². The quantitative estimate of drug-likeness (QED) is 0.907. The number of amides is 1. The Morgan fingerprint density at radius 2 is 2.43 bits per heavy atom. The highest BCUT2D eigenvalue weighted by Gasteiger charge is 2.26. The Morgan fingerprint density at radius 3 is 3.14 bits per heavy atom. The summed E-state index contributed by atoms with van der Waals surface area (Å²) in [6, 6.07) is 5.52. The molecule has 0 unspecified atom stereocenters. The van der Waals surface area contributed by atoms with E-state index in [1.807, 2.05) is 17.0 Å². The highest BCUT2D eigenvalue weighted by atomic mass is 16.2. The molecule has 1 fully saturated rings. The van der Waals surface area contributed by atoms with Crippen molar-refractivity contribution in [1.82, 2.24) is 19.9 Å². The fourth-order valence-corrected chi connectivity index (χ4v) is 2.70. The molecule has 0 saturated carbocycles. The van der Waals surface area contributed by atoms with Crippen molar-refractivity contribution in [2.45, 2.75) is 18.8 Å². The molecular formula is C15H15N5O. The third-order valence-corrected chi connectivity index (χ3v) is 3.77. The van der Waals surface area contributed by atoms with Crippen molar-refractivity contribution in [3.05, 3.63) is 47.8 Å². The lowest BCUT2D eigenvalue weighted by atomic mass is 9.94. The fraction of sp³-hybridized carbons (Fsp3) is 0.333. The molecule has 21 heavy (non-hydrogen) atoms. The van der Waals surface area contributed by atoms with Gasteiger partial charge in [-0.05, 0) is 25.0 Å². The number of likely N-dealkylation sites (tertiary alicyclic amines) is 1. The Balaban J connectivity index is 1.74. The van der Waals surface area contributed by atoms with E-state index < -0.39 is 0 Å². The number of H-pyrrole nitrogens is 1. The van der Waals surface area contributed by atoms with E-state index in [1.54, 1.807) is 24.8 Å². The van der Waals surface area contributed by atoms with E-state index in [0.29, 0.717) is 17.8 Å². The first kappa shape index (κ1) is 13.3. The van der Waals surface area contributed by atoms with Crippen LogP contribution in [0.2, 0.25) is 0 Å². The van der Waals surface area contributed by atoms with Gasteiger partial charge in [-0.15, -0.1) is 0 Å². The number of aromatic amines is 1. The van der Waals surface area contributed by atoms with Crippen LogP contribution in [0.25, 0.3) is 0 Å². The zero-order valence-corrected chi connectivity index (χ0v) is 11.5. The van der Waals surface area contributed by atoms with E-state index in [0.717, 1.165) is 25.1 Å². The largest absolute Gasteiger partial charge is 0.356 e. The number of rotatable bonds is 2. The minimum absolute atomic E-state index is 0.0599. The normalized spacial score (nSPS) is 18.2. The maximum Gasteiger partial charge on any atom is 0.270 e. The van der Waals surface area contributed by atoms with Gasteiger partial charge >= 0.3 is 0 Å². The molecule has 6 heteroatoms. The maximum absolute atomic E-state index is 12.5. The van der Waals surface area contributed by atoms with Crippen molar-refractivity contribution in [2.24, 2.45) is 0 Å². The van der Waals surface area contributed by atoms with Gasteiger partial charge in [0.1, 0.15) is 18.1 Å². The van der Waals surface area contributed by atoms with E-state index in [-0.39, 0.29) is 11.8 Å². The first-order valence-electron chi connectivity index (χ1n) is 6.91. The summed E-state index contributed by atoms with van der Waals surface area (Å²) in [5, 5.41) is 8.82. The molecule has 1 N–H and O–H groups in total. The molecule has 6 nitrogen and oxygen atoms in total. The Bertz CT molecular complexity index is 673. The molecule has 0 aromatic carbocycles. The Kier molecular flexibility index (Phi) is 3.65. The van der Waals surface area contributed by atoms with Gasteiger partial charge in [0.05, 0.1) is 5.56 Å². The number of hydrogen-bond acceptors (Lipinski definition) is 4. The van der Waals surface area contributed by atoms with Crippen molar-refractivity contribution in [3.63, 3.8) is 0 Å². The van der Waals surface area contributed by atoms with Gasteiger partial charge in [-0.25, -0.2) is 9.97 Å². The number of nitrogens with zero attached hydrogens (tertiary/aromatic N) is 4. The molecule has 106 valence electrons. The van der Waals surface area contributed by atoms with Crippen LogP contribution in [0.15, 0.2) is 30.9 Å². The van der Waals surface area contributed by atoms with Gasteiger partial charge in [-0.2, -0.15) is 5.26 Å². The van der Waals surface area contributed by atoms with E-state index in [9.17, 15) is 4.79 Å². The van der Waals surface area contributed by atoms with Crippen molar-refractivity contribution >= 4 is 5.91 Å². The van der Waals surface area contributed by atoms with Crippen molar-refractivity contribution < 1.29 is 4.79 Å². The van der Waals surface area contributed by atoms with E-state index in [1.165, 1.54) is 0 Å². The summed E-state index contributed by atoms with van der Waals surface area (Å²) in [5.74, 6) is 0.186. The van der Waals surface area contributed by atoms with Crippen LogP contribution in [0, 0.1) is 11.3 Å². The third-order valence-electron chi connectivity index (χ3n) is 3.77. The zero-order valence-electron chi connectivity index (χ0n) is 11.5. The lowest BCUT2D eigenvalue weighted by Crippen LogP contribution is -2.39. The molecule has 1 aliphatic heterocycles. The summed E-state index contributed by atoms with van der Waals surface area (Å²) in [6.07, 6.45) is 6.80. The smallest absolute Gasteiger partial charge is 0.270 e. The lowest BCUT2D eigenvalue weighted by molar-refractivity contribution is 0.0700. The van der Waals surface area contributed by atoms with Crippen LogP contribution in [0.1, 0.15) is 40.5 Å². The molecule has 2 aromatic rings. The van der Waals surface area contributed by atoms with Gasteiger partial charge in [0.25, 0.3) is 5.91 Å². The molecule has 1 amide bonds. The highest BCUT2D eigenvalue weighted by molar-refractivity contribution is 5.93. The molecule has 0 spiro atoms. The monoisotopic (exact) mass is 281 g/mol. The second-order valence-corrected chi connectivity index (χ2v) is 5.14. The molecule has 1 saturated heterocycles. The fourth-order valence-electron chi connectivity index (χ4n) is 2.70. The van der Waals surface area contributed by atoms with E-state index >= 15 is 0 Å². The topological polar surface area (TPSA) is 85.7 Å². The number of hydrogen-bond donors (Lipinski definition) is 1. The summed E-state index contributed by atoms with van der Waals surface area (Å²) in [4.78, 5) is 25.4. The number of carbonyl (C=O) groups is 1. The van der Waals surface area contributed by atoms with Crippen LogP contribution in [0.5, 0.6) is 0 Å². The van der Waals surface area contributed by atoms with Crippen molar-refractivity contribution in [3.8, 4) is 6.07 Å². The summed E-state index contributed by atoms with van der Waals surface area (Å²) >= 11 is 0. The SMILES string of the molecule is N#Cc1c[nH]c(C(=O)N2CCC[C@H](c3ccncn3)C2)c1. The van der Waals surface area contributed by atoms with Crippen LogP contribution in [-0.4, -0.2) is 38.8 Å². The average Bonchev–Trinajstić information content (AvgIpc) is 3.04. The van der Waals surface area contributed by atoms with Crippen molar-refractivity contribution in [1.29, 1.82) is 5.26 Å². The first-order chi connectivity index (χ1) is 10.3. The molecule has 1 aliphatic rings. The average molecular weight is 281 g/mol. The first-order valence-corrected chi connectivity index (χ1v) is 6.91. The second kappa shape index (κ2) is 5.75. The van der Waals surface area contributed by atoms with Gasteiger partial charge in [-0.1, -0.05) is 0 Å². The van der Waals surface area contributed by atoms with Crippen molar-refractivity contribution in [2.75, 3.05) is 13.1 Å². The minimum atomic E-state index is -0.0599. The van der Waals surface area contributed by atoms with Crippen LogP contribution in [-0.2, 0) is 0 Å². The number of aromatic nitrogens is 3. The predicted molar refractivity (Wildman–Crippen MR) is 75.4 cm³/mol. The molecular weight excluding hydrogens is 266 g/mol. The van der Waals surface area contributed by atoms with Gasteiger partial charge < -0.3 is 9.88 Å². The Hall–Kier alpha value is -2.68. The molecule has 1 atom stereocenters. The molecule has 3 rings (SSSR count). The molecule has 0 bridgehead atoms. The number of piperidine rings is 1. The van der Waals surface area contributed by atoms with Gasteiger partial charge in [0.15, 0.2) is 0 Å². The minimum Gasteiger partial charge on any atom is -0.356 e. The lowest BCUT2D eigenvalue weighted by Gasteiger charge is -2.32. The van der Waals surface area contributed by atoms with Crippen LogP contribution >= 0.6 is 0 Å². The molecule has 0 radical (unpaired) electrons.